The Bertz CT molecular complexity index is 2510. The largest absolute Gasteiger partial charge is 0.452 e. The third kappa shape index (κ3) is 4.11. The van der Waals surface area contributed by atoms with Gasteiger partial charge in [0.2, 0.25) is 0 Å². The fourth-order valence-electron chi connectivity index (χ4n) is 6.22. The van der Waals surface area contributed by atoms with Gasteiger partial charge in [0, 0.05) is 31.1 Å². The average molecular weight is 581 g/mol. The van der Waals surface area contributed by atoms with Gasteiger partial charge in [-0.1, -0.05) is 97.1 Å². The highest BCUT2D eigenvalue weighted by Crippen LogP contribution is 2.39. The molecule has 0 spiro atoms. The van der Waals surface area contributed by atoms with Crippen molar-refractivity contribution >= 4 is 53.6 Å². The van der Waals surface area contributed by atoms with Crippen LogP contribution < -0.4 is 0 Å². The third-order valence-corrected chi connectivity index (χ3v) is 9.55. The maximum absolute atomic E-state index is 6.39. The number of fused-ring (bicyclic) bond motifs is 6. The van der Waals surface area contributed by atoms with Gasteiger partial charge in [0.1, 0.15) is 23.1 Å². The molecule has 4 heteroatoms. The van der Waals surface area contributed by atoms with E-state index in [2.05, 4.69) is 132 Å². The molecule has 0 saturated carbocycles. The Kier molecular flexibility index (Phi) is 5.68. The van der Waals surface area contributed by atoms with Crippen LogP contribution in [0.1, 0.15) is 0 Å². The summed E-state index contributed by atoms with van der Waals surface area (Å²) in [4.78, 5) is 9.35. The van der Waals surface area contributed by atoms with Crippen LogP contribution in [0.5, 0.6) is 0 Å². The summed E-state index contributed by atoms with van der Waals surface area (Å²) in [6.45, 7) is 0. The van der Waals surface area contributed by atoms with E-state index in [9.17, 15) is 0 Å². The Morgan fingerprint density at radius 2 is 1.05 bits per heavy atom. The second kappa shape index (κ2) is 10.0. The van der Waals surface area contributed by atoms with Crippen LogP contribution in [0.4, 0.5) is 0 Å². The molecule has 0 aliphatic carbocycles. The Labute approximate surface area is 257 Å². The van der Waals surface area contributed by atoms with Gasteiger partial charge in [0.25, 0.3) is 0 Å². The minimum Gasteiger partial charge on any atom is -0.452 e. The molecule has 0 aliphatic rings. The number of thiophene rings is 1. The summed E-state index contributed by atoms with van der Waals surface area (Å²) in [6, 6.07) is 49.4. The Morgan fingerprint density at radius 3 is 1.89 bits per heavy atom. The van der Waals surface area contributed by atoms with E-state index >= 15 is 0 Å². The second-order valence-corrected chi connectivity index (χ2v) is 12.1. The van der Waals surface area contributed by atoms with Gasteiger partial charge in [-0.05, 0) is 75.8 Å². The van der Waals surface area contributed by atoms with E-state index in [1.807, 2.05) is 23.5 Å². The van der Waals surface area contributed by atoms with Gasteiger partial charge in [-0.25, -0.2) is 9.97 Å². The first-order valence-corrected chi connectivity index (χ1v) is 15.5. The summed E-state index contributed by atoms with van der Waals surface area (Å²) in [5, 5.41) is 3.62. The number of hydrogen-bond donors (Lipinski definition) is 0. The lowest BCUT2D eigenvalue weighted by atomic mass is 9.96. The maximum Gasteiger partial charge on any atom is 0.180 e. The zero-order valence-corrected chi connectivity index (χ0v) is 24.4. The molecule has 0 unspecified atom stereocenters. The number of rotatable bonds is 4. The van der Waals surface area contributed by atoms with Gasteiger partial charge in [-0.3, -0.25) is 0 Å². The van der Waals surface area contributed by atoms with Crippen LogP contribution in [0.15, 0.2) is 150 Å². The van der Waals surface area contributed by atoms with Crippen LogP contribution in [-0.2, 0) is 0 Å². The van der Waals surface area contributed by atoms with Crippen molar-refractivity contribution in [3.05, 3.63) is 146 Å². The number of furan rings is 1. The molecular formula is C40H24N2OS. The maximum atomic E-state index is 6.39. The summed E-state index contributed by atoms with van der Waals surface area (Å²) in [5.74, 6) is 0. The fourth-order valence-corrected chi connectivity index (χ4v) is 7.31. The zero-order chi connectivity index (χ0) is 29.0. The number of benzene rings is 6. The Hall–Kier alpha value is -5.58. The summed E-state index contributed by atoms with van der Waals surface area (Å²) >= 11 is 1.85. The molecule has 0 atom stereocenters. The molecule has 6 aromatic carbocycles. The highest BCUT2D eigenvalue weighted by Gasteiger charge is 2.16. The molecule has 0 N–H and O–H groups in total. The van der Waals surface area contributed by atoms with Gasteiger partial charge in [-0.2, -0.15) is 0 Å². The molecule has 0 aliphatic heterocycles. The lowest BCUT2D eigenvalue weighted by Gasteiger charge is -2.09. The van der Waals surface area contributed by atoms with E-state index in [-0.39, 0.29) is 0 Å². The van der Waals surface area contributed by atoms with Crippen molar-refractivity contribution in [2.75, 3.05) is 0 Å². The Balaban J connectivity index is 1.11. The minimum absolute atomic E-state index is 0.704. The quantitative estimate of drug-likeness (QED) is 0.208. The van der Waals surface area contributed by atoms with Crippen LogP contribution in [0.3, 0.4) is 0 Å². The molecule has 9 aromatic rings. The van der Waals surface area contributed by atoms with Gasteiger partial charge in [-0.15, -0.1) is 11.3 Å². The second-order valence-electron chi connectivity index (χ2n) is 11.0. The summed E-state index contributed by atoms with van der Waals surface area (Å²) in [7, 11) is 0. The van der Waals surface area contributed by atoms with Crippen LogP contribution in [-0.4, -0.2) is 9.97 Å². The topological polar surface area (TPSA) is 38.9 Å². The lowest BCUT2D eigenvalue weighted by molar-refractivity contribution is 0.667. The van der Waals surface area contributed by atoms with Crippen molar-refractivity contribution in [1.82, 2.24) is 9.97 Å². The number of nitrogens with zero attached hydrogens (tertiary/aromatic N) is 2. The summed E-state index contributed by atoms with van der Waals surface area (Å²) in [6.07, 6.45) is 1.64. The van der Waals surface area contributed by atoms with E-state index in [1.54, 1.807) is 6.33 Å². The molecule has 0 radical (unpaired) electrons. The zero-order valence-electron chi connectivity index (χ0n) is 23.6. The van der Waals surface area contributed by atoms with E-state index in [0.717, 1.165) is 50.0 Å². The van der Waals surface area contributed by atoms with E-state index in [1.165, 1.54) is 31.3 Å². The molecule has 0 bridgehead atoms. The Morgan fingerprint density at radius 1 is 0.432 bits per heavy atom. The van der Waals surface area contributed by atoms with Crippen molar-refractivity contribution in [3.63, 3.8) is 0 Å². The van der Waals surface area contributed by atoms with Crippen molar-refractivity contribution in [2.45, 2.75) is 0 Å². The SMILES string of the molecule is c1ccc(-c2ccc3oc4c(-c5cccc(-c6cccc(-c7ccc8sc9ccccc9c8c7)c6)c5)ncnc4c3c2)cc1. The van der Waals surface area contributed by atoms with Gasteiger partial charge in [0.05, 0.1) is 0 Å². The van der Waals surface area contributed by atoms with E-state index < -0.39 is 0 Å². The average Bonchev–Trinajstić information content (AvgIpc) is 3.66. The normalized spacial score (nSPS) is 11.6. The molecule has 0 amide bonds. The summed E-state index contributed by atoms with van der Waals surface area (Å²) < 4.78 is 9.03. The molecule has 3 aromatic heterocycles. The standard InChI is InChI=1S/C40H24N2OS/c1-2-8-25(9-3-1)29-16-18-35-34(23-29)39-40(43-35)38(41-24-42-39)31-13-7-12-28(21-31)26-10-6-11-27(20-26)30-17-19-37-33(22-30)32-14-4-5-15-36(32)44-37/h1-24H. The monoisotopic (exact) mass is 580 g/mol. The molecular weight excluding hydrogens is 557 g/mol. The minimum atomic E-state index is 0.704. The van der Waals surface area contributed by atoms with Crippen LogP contribution in [0.2, 0.25) is 0 Å². The summed E-state index contributed by atoms with van der Waals surface area (Å²) in [5.41, 5.74) is 11.1. The van der Waals surface area contributed by atoms with Crippen molar-refractivity contribution in [2.24, 2.45) is 0 Å². The molecule has 0 fully saturated rings. The van der Waals surface area contributed by atoms with Crippen LogP contribution in [0.25, 0.3) is 86.9 Å². The highest BCUT2D eigenvalue weighted by atomic mass is 32.1. The molecule has 0 saturated heterocycles. The molecule has 3 nitrogen and oxygen atoms in total. The van der Waals surface area contributed by atoms with Crippen LogP contribution in [0, 0.1) is 0 Å². The first-order valence-electron chi connectivity index (χ1n) is 14.6. The first-order chi connectivity index (χ1) is 21.8. The van der Waals surface area contributed by atoms with Crippen molar-refractivity contribution in [1.29, 1.82) is 0 Å². The van der Waals surface area contributed by atoms with Crippen molar-refractivity contribution < 1.29 is 4.42 Å². The smallest absolute Gasteiger partial charge is 0.180 e. The van der Waals surface area contributed by atoms with Gasteiger partial charge in [0.15, 0.2) is 5.58 Å². The van der Waals surface area contributed by atoms with Crippen molar-refractivity contribution in [3.8, 4) is 44.6 Å². The molecule has 9 rings (SSSR count). The van der Waals surface area contributed by atoms with Crippen LogP contribution >= 0.6 is 11.3 Å². The third-order valence-electron chi connectivity index (χ3n) is 8.40. The lowest BCUT2D eigenvalue weighted by Crippen LogP contribution is -1.88. The predicted octanol–water partition coefficient (Wildman–Crippen LogP) is 11.4. The molecule has 206 valence electrons. The van der Waals surface area contributed by atoms with Gasteiger partial charge < -0.3 is 4.42 Å². The number of hydrogen-bond acceptors (Lipinski definition) is 4. The fraction of sp³-hybridized carbons (Fsp3) is 0. The molecule has 3 heterocycles. The van der Waals surface area contributed by atoms with Gasteiger partial charge >= 0.3 is 0 Å². The molecule has 44 heavy (non-hydrogen) atoms. The van der Waals surface area contributed by atoms with E-state index in [4.69, 9.17) is 9.40 Å². The number of aromatic nitrogens is 2. The first kappa shape index (κ1) is 25.0. The predicted molar refractivity (Wildman–Crippen MR) is 184 cm³/mol. The highest BCUT2D eigenvalue weighted by molar-refractivity contribution is 7.25. The van der Waals surface area contributed by atoms with E-state index in [0.29, 0.717) is 5.58 Å².